The van der Waals surface area contributed by atoms with Crippen LogP contribution in [0.3, 0.4) is 0 Å². The zero-order chi connectivity index (χ0) is 22.2. The highest BCUT2D eigenvalue weighted by atomic mass is 16.5. The fourth-order valence-corrected chi connectivity index (χ4v) is 3.69. The lowest BCUT2D eigenvalue weighted by Gasteiger charge is -2.32. The second-order valence-electron chi connectivity index (χ2n) is 8.40. The molecule has 9 nitrogen and oxygen atoms in total. The number of nitrogen functional groups attached to an aromatic ring is 1. The Morgan fingerprint density at radius 2 is 1.77 bits per heavy atom. The van der Waals surface area contributed by atoms with Gasteiger partial charge in [-0.3, -0.25) is 4.79 Å². The number of hydrogen-bond acceptors (Lipinski definition) is 8. The second-order valence-corrected chi connectivity index (χ2v) is 8.40. The maximum absolute atomic E-state index is 12.1. The molecule has 2 aromatic heterocycles. The number of amides is 1. The van der Waals surface area contributed by atoms with Gasteiger partial charge in [-0.2, -0.15) is 4.98 Å². The monoisotopic (exact) mass is 421 g/mol. The molecule has 0 aliphatic carbocycles. The van der Waals surface area contributed by atoms with Crippen LogP contribution >= 0.6 is 0 Å². The van der Waals surface area contributed by atoms with Crippen LogP contribution in [0.5, 0.6) is 0 Å². The number of piperazine rings is 1. The molecule has 9 heteroatoms. The Morgan fingerprint density at radius 1 is 1.10 bits per heavy atom. The molecule has 2 N–H and O–H groups in total. The van der Waals surface area contributed by atoms with Crippen molar-refractivity contribution < 1.29 is 9.32 Å². The molecule has 1 amide bonds. The van der Waals surface area contributed by atoms with Gasteiger partial charge in [-0.25, -0.2) is 9.97 Å². The number of aromatic nitrogens is 4. The van der Waals surface area contributed by atoms with Gasteiger partial charge in [-0.15, -0.1) is 0 Å². The van der Waals surface area contributed by atoms with Crippen LogP contribution in [0.25, 0.3) is 11.1 Å². The molecule has 1 fully saturated rings. The quantitative estimate of drug-likeness (QED) is 0.668. The fraction of sp³-hybridized carbons (Fsp3) is 0.409. The first-order valence-corrected chi connectivity index (χ1v) is 10.3. The largest absolute Gasteiger partial charge is 0.368 e. The molecule has 1 unspecified atom stereocenters. The zero-order valence-electron chi connectivity index (χ0n) is 18.2. The topological polar surface area (TPSA) is 114 Å². The van der Waals surface area contributed by atoms with E-state index in [1.807, 2.05) is 17.0 Å². The summed E-state index contributed by atoms with van der Waals surface area (Å²) in [6, 6.07) is 8.59. The summed E-state index contributed by atoms with van der Waals surface area (Å²) in [6.45, 7) is 7.93. The van der Waals surface area contributed by atoms with Crippen LogP contribution in [0.1, 0.15) is 32.2 Å². The molecule has 4 rings (SSSR count). The smallest absolute Gasteiger partial charge is 0.324 e. The summed E-state index contributed by atoms with van der Waals surface area (Å²) in [7, 11) is 1.80. The molecule has 0 spiro atoms. The summed E-state index contributed by atoms with van der Waals surface area (Å²) >= 11 is 0. The lowest BCUT2D eigenvalue weighted by Crippen LogP contribution is -2.48. The van der Waals surface area contributed by atoms with E-state index in [-0.39, 0.29) is 24.3 Å². The van der Waals surface area contributed by atoms with Crippen LogP contribution in [0.2, 0.25) is 0 Å². The molecule has 0 bridgehead atoms. The first-order valence-electron chi connectivity index (χ1n) is 10.3. The zero-order valence-corrected chi connectivity index (χ0v) is 18.2. The van der Waals surface area contributed by atoms with Crippen molar-refractivity contribution >= 4 is 17.9 Å². The molecule has 3 aromatic rings. The fourth-order valence-electron chi connectivity index (χ4n) is 3.69. The van der Waals surface area contributed by atoms with E-state index in [0.717, 1.165) is 16.7 Å². The maximum atomic E-state index is 12.1. The molecule has 1 aliphatic heterocycles. The predicted octanol–water partition coefficient (Wildman–Crippen LogP) is 2.35. The van der Waals surface area contributed by atoms with Crippen molar-refractivity contribution in [3.8, 4) is 11.1 Å². The van der Waals surface area contributed by atoms with Gasteiger partial charge in [-0.05, 0) is 24.0 Å². The van der Waals surface area contributed by atoms with Gasteiger partial charge in [0.1, 0.15) is 6.54 Å². The highest BCUT2D eigenvalue weighted by molar-refractivity contribution is 5.81. The van der Waals surface area contributed by atoms with Gasteiger partial charge in [0.05, 0.1) is 5.41 Å². The third kappa shape index (κ3) is 3.83. The minimum Gasteiger partial charge on any atom is -0.368 e. The van der Waals surface area contributed by atoms with Crippen molar-refractivity contribution in [1.29, 1.82) is 0 Å². The van der Waals surface area contributed by atoms with Gasteiger partial charge in [0.15, 0.2) is 5.82 Å². The molecule has 1 aromatic carbocycles. The standard InChI is InChI=1S/C22H27N7O2/c1-14(2)22(3,17-7-5-15(6-8-17)16-11-24-20(23)25-12-16)19-26-21(31-27-19)29-10-9-28(4)18(30)13-29/h5-8,11-12,14H,9-10,13H2,1-4H3,(H2,23,24,25). The van der Waals surface area contributed by atoms with Crippen molar-refractivity contribution in [3.63, 3.8) is 0 Å². The highest BCUT2D eigenvalue weighted by Crippen LogP contribution is 2.38. The van der Waals surface area contributed by atoms with Crippen LogP contribution in [0, 0.1) is 5.92 Å². The SMILES string of the molecule is CC(C)C(C)(c1ccc(-c2cnc(N)nc2)cc1)c1noc(N2CCN(C)C(=O)C2)n1. The van der Waals surface area contributed by atoms with Crippen LogP contribution in [-0.4, -0.2) is 57.6 Å². The molecule has 3 heterocycles. The normalized spacial score (nSPS) is 16.6. The van der Waals surface area contributed by atoms with Crippen LogP contribution in [0.4, 0.5) is 12.0 Å². The molecular weight excluding hydrogens is 394 g/mol. The Kier molecular flexibility index (Phi) is 5.34. The summed E-state index contributed by atoms with van der Waals surface area (Å²) in [6.07, 6.45) is 3.42. The van der Waals surface area contributed by atoms with Crippen LogP contribution in [0.15, 0.2) is 41.2 Å². The number of benzene rings is 1. The van der Waals surface area contributed by atoms with Crippen molar-refractivity contribution in [2.45, 2.75) is 26.2 Å². The Labute approximate surface area is 181 Å². The Hall–Kier alpha value is -3.49. The number of carbonyl (C=O) groups is 1. The molecule has 162 valence electrons. The van der Waals surface area contributed by atoms with E-state index in [1.54, 1.807) is 24.3 Å². The average molecular weight is 422 g/mol. The number of likely N-dealkylation sites (N-methyl/N-ethyl adjacent to an activating group) is 1. The third-order valence-electron chi connectivity index (χ3n) is 6.25. The van der Waals surface area contributed by atoms with Gasteiger partial charge in [0.25, 0.3) is 0 Å². The predicted molar refractivity (Wildman–Crippen MR) is 117 cm³/mol. The van der Waals surface area contributed by atoms with E-state index >= 15 is 0 Å². The Balaban J connectivity index is 1.63. The van der Waals surface area contributed by atoms with E-state index in [1.165, 1.54) is 0 Å². The number of rotatable bonds is 5. The lowest BCUT2D eigenvalue weighted by molar-refractivity contribution is -0.129. The highest BCUT2D eigenvalue weighted by Gasteiger charge is 2.38. The minimum absolute atomic E-state index is 0.0415. The van der Waals surface area contributed by atoms with Gasteiger partial charge in [0.2, 0.25) is 11.9 Å². The Bertz CT molecular complexity index is 1060. The maximum Gasteiger partial charge on any atom is 0.324 e. The third-order valence-corrected chi connectivity index (χ3v) is 6.25. The molecule has 1 atom stereocenters. The number of nitrogens with zero attached hydrogens (tertiary/aromatic N) is 6. The van der Waals surface area contributed by atoms with Crippen LogP contribution < -0.4 is 10.6 Å². The van der Waals surface area contributed by atoms with E-state index < -0.39 is 5.41 Å². The molecule has 0 radical (unpaired) electrons. The first-order chi connectivity index (χ1) is 14.8. The summed E-state index contributed by atoms with van der Waals surface area (Å²) < 4.78 is 5.58. The lowest BCUT2D eigenvalue weighted by atomic mass is 9.72. The first kappa shape index (κ1) is 20.8. The van der Waals surface area contributed by atoms with Crippen molar-refractivity contribution in [3.05, 3.63) is 48.0 Å². The van der Waals surface area contributed by atoms with Crippen molar-refractivity contribution in [1.82, 2.24) is 25.0 Å². The summed E-state index contributed by atoms with van der Waals surface area (Å²) in [5.74, 6) is 1.10. The minimum atomic E-state index is -0.464. The number of hydrogen-bond donors (Lipinski definition) is 1. The molecular formula is C22H27N7O2. The average Bonchev–Trinajstić information content (AvgIpc) is 3.26. The van der Waals surface area contributed by atoms with E-state index in [9.17, 15) is 4.79 Å². The number of carbonyl (C=O) groups excluding carboxylic acids is 1. The van der Waals surface area contributed by atoms with Gasteiger partial charge in [-0.1, -0.05) is 43.3 Å². The summed E-state index contributed by atoms with van der Waals surface area (Å²) in [5.41, 5.74) is 8.09. The summed E-state index contributed by atoms with van der Waals surface area (Å²) in [5, 5.41) is 4.31. The second kappa shape index (κ2) is 7.98. The van der Waals surface area contributed by atoms with Crippen molar-refractivity contribution in [2.75, 3.05) is 37.3 Å². The summed E-state index contributed by atoms with van der Waals surface area (Å²) in [4.78, 5) is 28.4. The Morgan fingerprint density at radius 3 is 2.39 bits per heavy atom. The van der Waals surface area contributed by atoms with E-state index in [0.29, 0.717) is 24.9 Å². The van der Waals surface area contributed by atoms with E-state index in [4.69, 9.17) is 15.2 Å². The van der Waals surface area contributed by atoms with Gasteiger partial charge >= 0.3 is 6.01 Å². The van der Waals surface area contributed by atoms with Crippen LogP contribution in [-0.2, 0) is 10.2 Å². The van der Waals surface area contributed by atoms with E-state index in [2.05, 4.69) is 48.0 Å². The van der Waals surface area contributed by atoms with Gasteiger partial charge < -0.3 is 20.1 Å². The van der Waals surface area contributed by atoms with Crippen molar-refractivity contribution in [2.24, 2.45) is 5.92 Å². The molecule has 0 saturated carbocycles. The molecule has 31 heavy (non-hydrogen) atoms. The number of nitrogens with two attached hydrogens (primary N) is 1. The molecule has 1 saturated heterocycles. The molecule has 1 aliphatic rings. The number of anilines is 2. The van der Waals surface area contributed by atoms with Gasteiger partial charge in [0, 0.05) is 38.1 Å².